The highest BCUT2D eigenvalue weighted by Crippen LogP contribution is 2.52. The van der Waals surface area contributed by atoms with Gasteiger partial charge in [-0.25, -0.2) is 4.79 Å². The summed E-state index contributed by atoms with van der Waals surface area (Å²) in [7, 11) is 1.62. The SMILES string of the molecule is COc1ccc([C@H]2N[C@]3(CCCN(CC4CCCCC4)C3=O)[C@H]3C(=O)N(Cc4ccccc4)C(=O)[C@@H]23)cc1.O=C(O)C(F)(F)F. The van der Waals surface area contributed by atoms with Crippen molar-refractivity contribution in [2.24, 2.45) is 17.8 Å². The number of methoxy groups -OCH3 is 1. The van der Waals surface area contributed by atoms with E-state index in [9.17, 15) is 27.6 Å². The van der Waals surface area contributed by atoms with E-state index in [1.807, 2.05) is 59.5 Å². The van der Waals surface area contributed by atoms with Crippen molar-refractivity contribution in [3.05, 3.63) is 65.7 Å². The molecule has 45 heavy (non-hydrogen) atoms. The summed E-state index contributed by atoms with van der Waals surface area (Å²) >= 11 is 0. The number of carbonyl (C=O) groups is 4. The molecule has 1 spiro atoms. The number of carbonyl (C=O) groups excluding carboxylic acids is 3. The first kappa shape index (κ1) is 32.5. The summed E-state index contributed by atoms with van der Waals surface area (Å²) in [6.07, 6.45) is 2.35. The minimum Gasteiger partial charge on any atom is -0.497 e. The molecule has 2 aromatic rings. The molecule has 0 unspecified atom stereocenters. The molecule has 0 aromatic heterocycles. The molecular weight excluding hydrogens is 591 g/mol. The van der Waals surface area contributed by atoms with Crippen LogP contribution in [0.3, 0.4) is 0 Å². The number of rotatable bonds is 6. The number of fused-ring (bicyclic) bond motifs is 2. The first-order chi connectivity index (χ1) is 21.5. The maximum Gasteiger partial charge on any atom is 0.490 e. The van der Waals surface area contributed by atoms with E-state index in [1.54, 1.807) is 7.11 Å². The van der Waals surface area contributed by atoms with Crippen LogP contribution in [0, 0.1) is 17.8 Å². The van der Waals surface area contributed by atoms with Crippen molar-refractivity contribution in [1.29, 1.82) is 0 Å². The van der Waals surface area contributed by atoms with Crippen LogP contribution in [0.2, 0.25) is 0 Å². The Balaban J connectivity index is 0.000000515. The fraction of sp³-hybridized carbons (Fsp3) is 0.515. The van der Waals surface area contributed by atoms with E-state index in [1.165, 1.54) is 24.2 Å². The number of benzene rings is 2. The predicted molar refractivity (Wildman–Crippen MR) is 157 cm³/mol. The van der Waals surface area contributed by atoms with Gasteiger partial charge in [-0.05, 0) is 54.9 Å². The zero-order valence-electron chi connectivity index (χ0n) is 25.1. The highest BCUT2D eigenvalue weighted by molar-refractivity contribution is 6.10. The van der Waals surface area contributed by atoms with Crippen LogP contribution >= 0.6 is 0 Å². The number of carboxylic acid groups (broad SMARTS) is 1. The normalized spacial score (nSPS) is 26.9. The minimum atomic E-state index is -5.08. The summed E-state index contributed by atoms with van der Waals surface area (Å²) in [5.41, 5.74) is 0.754. The second-order valence-electron chi connectivity index (χ2n) is 12.3. The Morgan fingerprint density at radius 3 is 2.22 bits per heavy atom. The Kier molecular flexibility index (Phi) is 9.52. The Morgan fingerprint density at radius 1 is 0.978 bits per heavy atom. The van der Waals surface area contributed by atoms with E-state index in [2.05, 4.69) is 5.32 Å². The third kappa shape index (κ3) is 6.56. The van der Waals surface area contributed by atoms with Crippen molar-refractivity contribution < 1.29 is 42.2 Å². The minimum absolute atomic E-state index is 0.00282. The molecule has 0 bridgehead atoms. The monoisotopic (exact) mass is 629 g/mol. The molecule has 3 saturated heterocycles. The number of alkyl halides is 3. The van der Waals surface area contributed by atoms with E-state index in [-0.39, 0.29) is 24.3 Å². The molecule has 9 nitrogen and oxygen atoms in total. The van der Waals surface area contributed by atoms with Crippen LogP contribution < -0.4 is 10.1 Å². The van der Waals surface area contributed by atoms with Crippen molar-refractivity contribution in [3.8, 4) is 5.75 Å². The lowest BCUT2D eigenvalue weighted by atomic mass is 9.74. The summed E-state index contributed by atoms with van der Waals surface area (Å²) in [5, 5.41) is 10.7. The van der Waals surface area contributed by atoms with Crippen molar-refractivity contribution in [2.45, 2.75) is 69.2 Å². The number of imide groups is 1. The molecule has 2 aromatic carbocycles. The summed E-state index contributed by atoms with van der Waals surface area (Å²) in [4.78, 5) is 54.6. The van der Waals surface area contributed by atoms with Crippen LogP contribution in [0.15, 0.2) is 54.6 Å². The molecule has 12 heteroatoms. The van der Waals surface area contributed by atoms with Gasteiger partial charge in [0.15, 0.2) is 0 Å². The molecule has 242 valence electrons. The lowest BCUT2D eigenvalue weighted by Gasteiger charge is -2.43. The Morgan fingerprint density at radius 2 is 1.62 bits per heavy atom. The molecule has 4 atom stereocenters. The zero-order valence-corrected chi connectivity index (χ0v) is 25.1. The topological polar surface area (TPSA) is 116 Å². The molecule has 6 rings (SSSR count). The van der Waals surface area contributed by atoms with Crippen LogP contribution in [0.5, 0.6) is 5.75 Å². The van der Waals surface area contributed by atoms with Gasteiger partial charge in [0, 0.05) is 19.1 Å². The summed E-state index contributed by atoms with van der Waals surface area (Å²) < 4.78 is 37.1. The maximum atomic E-state index is 14.3. The molecule has 0 radical (unpaired) electrons. The van der Waals surface area contributed by atoms with Crippen LogP contribution in [-0.4, -0.2) is 70.5 Å². The van der Waals surface area contributed by atoms with Gasteiger partial charge < -0.3 is 14.7 Å². The second-order valence-corrected chi connectivity index (χ2v) is 12.3. The number of hydrogen-bond donors (Lipinski definition) is 2. The lowest BCUT2D eigenvalue weighted by molar-refractivity contribution is -0.192. The quantitative estimate of drug-likeness (QED) is 0.445. The Hall–Kier alpha value is -3.93. The highest BCUT2D eigenvalue weighted by atomic mass is 19.4. The van der Waals surface area contributed by atoms with E-state index in [4.69, 9.17) is 14.6 Å². The first-order valence-corrected chi connectivity index (χ1v) is 15.4. The summed E-state index contributed by atoms with van der Waals surface area (Å²) in [6, 6.07) is 16.8. The summed E-state index contributed by atoms with van der Waals surface area (Å²) in [5.74, 6) is -3.23. The highest BCUT2D eigenvalue weighted by Gasteiger charge is 2.69. The number of nitrogens with one attached hydrogen (secondary N) is 1. The van der Waals surface area contributed by atoms with Gasteiger partial charge in [-0.2, -0.15) is 13.2 Å². The van der Waals surface area contributed by atoms with Gasteiger partial charge in [-0.3, -0.25) is 24.6 Å². The van der Waals surface area contributed by atoms with Gasteiger partial charge in [0.05, 0.1) is 25.5 Å². The Labute approximate surface area is 259 Å². The number of halogens is 3. The molecule has 3 amide bonds. The molecular formula is C33H38F3N3O6. The molecule has 3 aliphatic heterocycles. The van der Waals surface area contributed by atoms with Gasteiger partial charge in [0.25, 0.3) is 0 Å². The van der Waals surface area contributed by atoms with E-state index >= 15 is 0 Å². The van der Waals surface area contributed by atoms with Gasteiger partial charge >= 0.3 is 12.1 Å². The van der Waals surface area contributed by atoms with Crippen molar-refractivity contribution in [2.75, 3.05) is 20.2 Å². The molecule has 3 heterocycles. The lowest BCUT2D eigenvalue weighted by Crippen LogP contribution is -2.64. The molecule has 1 aliphatic carbocycles. The average Bonchev–Trinajstić information content (AvgIpc) is 3.50. The van der Waals surface area contributed by atoms with E-state index in [0.717, 1.165) is 49.2 Å². The Bertz CT molecular complexity index is 1400. The van der Waals surface area contributed by atoms with E-state index in [0.29, 0.717) is 12.3 Å². The van der Waals surface area contributed by atoms with E-state index < -0.39 is 35.6 Å². The third-order valence-corrected chi connectivity index (χ3v) is 9.52. The predicted octanol–water partition coefficient (Wildman–Crippen LogP) is 4.72. The van der Waals surface area contributed by atoms with Crippen LogP contribution in [-0.2, 0) is 25.7 Å². The van der Waals surface area contributed by atoms with Crippen molar-refractivity contribution >= 4 is 23.7 Å². The smallest absolute Gasteiger partial charge is 0.490 e. The fourth-order valence-electron chi connectivity index (χ4n) is 7.40. The third-order valence-electron chi connectivity index (χ3n) is 9.52. The second kappa shape index (κ2) is 13.2. The summed E-state index contributed by atoms with van der Waals surface area (Å²) in [6.45, 7) is 1.71. The molecule has 2 N–H and O–H groups in total. The first-order valence-electron chi connectivity index (χ1n) is 15.4. The zero-order chi connectivity index (χ0) is 32.4. The molecule has 1 saturated carbocycles. The number of amides is 3. The molecule has 4 aliphatic rings. The van der Waals surface area contributed by atoms with Crippen LogP contribution in [0.4, 0.5) is 13.2 Å². The number of piperidine rings is 1. The van der Waals surface area contributed by atoms with Crippen LogP contribution in [0.25, 0.3) is 0 Å². The molecule has 4 fully saturated rings. The largest absolute Gasteiger partial charge is 0.497 e. The van der Waals surface area contributed by atoms with Crippen molar-refractivity contribution in [1.82, 2.24) is 15.1 Å². The van der Waals surface area contributed by atoms with Gasteiger partial charge in [0.1, 0.15) is 11.3 Å². The van der Waals surface area contributed by atoms with Gasteiger partial charge in [-0.1, -0.05) is 61.7 Å². The number of ether oxygens (including phenoxy) is 1. The van der Waals surface area contributed by atoms with Gasteiger partial charge in [0.2, 0.25) is 17.7 Å². The standard InChI is InChI=1S/C31H37N3O4.C2HF3O2/c1-38-24-15-13-23(14-16-24)27-25-26(29(36)34(28(25)35)20-22-11-6-3-7-12-22)31(32-27)17-8-18-33(30(31)37)19-21-9-4-2-5-10-21;3-2(4,5)1(6)7/h3,6-7,11-16,21,25-27,32H,2,4-5,8-10,17-20H2,1H3;(H,6,7)/t25-,26-,27-,31-;/m1./s1. The number of aliphatic carboxylic acids is 1. The average molecular weight is 630 g/mol. The van der Waals surface area contributed by atoms with Gasteiger partial charge in [-0.15, -0.1) is 0 Å². The fourth-order valence-corrected chi connectivity index (χ4v) is 7.40. The number of carboxylic acids is 1. The van der Waals surface area contributed by atoms with Crippen LogP contribution in [0.1, 0.15) is 62.1 Å². The number of likely N-dealkylation sites (tertiary alicyclic amines) is 2. The van der Waals surface area contributed by atoms with Crippen molar-refractivity contribution in [3.63, 3.8) is 0 Å². The maximum absolute atomic E-state index is 14.3. The number of nitrogens with zero attached hydrogens (tertiary/aromatic N) is 2. The number of hydrogen-bond acceptors (Lipinski definition) is 6.